The lowest BCUT2D eigenvalue weighted by Crippen LogP contribution is -2.14. The van der Waals surface area contributed by atoms with Crippen LogP contribution in [0.2, 0.25) is 0 Å². The van der Waals surface area contributed by atoms with Gasteiger partial charge in [0.1, 0.15) is 5.82 Å². The van der Waals surface area contributed by atoms with E-state index in [1.54, 1.807) is 0 Å². The standard InChI is InChI=1S/C9H16N4/c1-6-4-3-5-13-9(6)11-8(12-13)7(2)10/h6-7H,3-5,10H2,1-2H3. The van der Waals surface area contributed by atoms with Crippen molar-refractivity contribution in [3.8, 4) is 0 Å². The highest BCUT2D eigenvalue weighted by Gasteiger charge is 2.21. The van der Waals surface area contributed by atoms with Crippen LogP contribution < -0.4 is 5.73 Å². The molecule has 13 heavy (non-hydrogen) atoms. The molecule has 2 N–H and O–H groups in total. The molecule has 1 aliphatic rings. The second-order valence-corrected chi connectivity index (χ2v) is 3.88. The average Bonchev–Trinajstić information content (AvgIpc) is 2.49. The van der Waals surface area contributed by atoms with Gasteiger partial charge in [0.15, 0.2) is 5.82 Å². The number of hydrogen-bond donors (Lipinski definition) is 1. The summed E-state index contributed by atoms with van der Waals surface area (Å²) in [6.45, 7) is 5.12. The minimum absolute atomic E-state index is 0.0506. The highest BCUT2D eigenvalue weighted by atomic mass is 15.4. The molecule has 4 heteroatoms. The molecule has 72 valence electrons. The van der Waals surface area contributed by atoms with Crippen LogP contribution in [0.5, 0.6) is 0 Å². The number of hydrogen-bond acceptors (Lipinski definition) is 3. The first kappa shape index (κ1) is 8.69. The third kappa shape index (κ3) is 1.46. The lowest BCUT2D eigenvalue weighted by Gasteiger charge is -2.17. The summed E-state index contributed by atoms with van der Waals surface area (Å²) in [6, 6.07) is -0.0506. The highest BCUT2D eigenvalue weighted by Crippen LogP contribution is 2.25. The predicted molar refractivity (Wildman–Crippen MR) is 50.3 cm³/mol. The van der Waals surface area contributed by atoms with Crippen LogP contribution in [0.4, 0.5) is 0 Å². The monoisotopic (exact) mass is 180 g/mol. The maximum absolute atomic E-state index is 5.73. The highest BCUT2D eigenvalue weighted by molar-refractivity contribution is 5.03. The van der Waals surface area contributed by atoms with E-state index in [1.165, 1.54) is 12.8 Å². The van der Waals surface area contributed by atoms with Gasteiger partial charge >= 0.3 is 0 Å². The van der Waals surface area contributed by atoms with Crippen LogP contribution in [0.1, 0.15) is 50.3 Å². The average molecular weight is 180 g/mol. The summed E-state index contributed by atoms with van der Waals surface area (Å²) < 4.78 is 2.01. The van der Waals surface area contributed by atoms with Crippen molar-refractivity contribution in [2.75, 3.05) is 0 Å². The Hall–Kier alpha value is -0.900. The van der Waals surface area contributed by atoms with Crippen LogP contribution in [0, 0.1) is 0 Å². The van der Waals surface area contributed by atoms with Gasteiger partial charge in [0, 0.05) is 12.5 Å². The summed E-state index contributed by atoms with van der Waals surface area (Å²) in [5.74, 6) is 2.43. The van der Waals surface area contributed by atoms with Gasteiger partial charge in [-0.25, -0.2) is 9.67 Å². The van der Waals surface area contributed by atoms with E-state index in [4.69, 9.17) is 5.73 Å². The van der Waals surface area contributed by atoms with Gasteiger partial charge in [0.2, 0.25) is 0 Å². The Labute approximate surface area is 78.1 Å². The molecular formula is C9H16N4. The molecule has 0 aromatic carbocycles. The van der Waals surface area contributed by atoms with Crippen LogP contribution >= 0.6 is 0 Å². The Kier molecular flexibility index (Phi) is 2.07. The zero-order valence-electron chi connectivity index (χ0n) is 8.20. The van der Waals surface area contributed by atoms with Gasteiger partial charge in [-0.3, -0.25) is 0 Å². The van der Waals surface area contributed by atoms with Gasteiger partial charge in [-0.05, 0) is 19.8 Å². The van der Waals surface area contributed by atoms with Crippen molar-refractivity contribution in [3.63, 3.8) is 0 Å². The Balaban J connectivity index is 2.36. The van der Waals surface area contributed by atoms with Crippen molar-refractivity contribution < 1.29 is 0 Å². The number of nitrogens with two attached hydrogens (primary N) is 1. The molecular weight excluding hydrogens is 164 g/mol. The van der Waals surface area contributed by atoms with Gasteiger partial charge < -0.3 is 5.73 Å². The number of rotatable bonds is 1. The SMILES string of the molecule is CC(N)c1nc2n(n1)CCCC2C. The third-order valence-corrected chi connectivity index (χ3v) is 2.57. The maximum Gasteiger partial charge on any atom is 0.167 e. The number of nitrogens with zero attached hydrogens (tertiary/aromatic N) is 3. The normalized spacial score (nSPS) is 24.1. The van der Waals surface area contributed by atoms with Crippen molar-refractivity contribution in [1.82, 2.24) is 14.8 Å². The summed E-state index contributed by atoms with van der Waals surface area (Å²) in [5, 5.41) is 4.38. The van der Waals surface area contributed by atoms with Gasteiger partial charge in [-0.1, -0.05) is 6.92 Å². The van der Waals surface area contributed by atoms with E-state index in [0.717, 1.165) is 18.2 Å². The van der Waals surface area contributed by atoms with Crippen LogP contribution in [0.3, 0.4) is 0 Å². The number of fused-ring (bicyclic) bond motifs is 1. The first-order valence-corrected chi connectivity index (χ1v) is 4.88. The van der Waals surface area contributed by atoms with E-state index in [0.29, 0.717) is 5.92 Å². The molecule has 0 spiro atoms. The van der Waals surface area contributed by atoms with Gasteiger partial charge in [0.05, 0.1) is 6.04 Å². The van der Waals surface area contributed by atoms with Gasteiger partial charge in [0.25, 0.3) is 0 Å². The molecule has 1 aromatic rings. The fourth-order valence-electron chi connectivity index (χ4n) is 1.77. The van der Waals surface area contributed by atoms with E-state index < -0.39 is 0 Å². The van der Waals surface area contributed by atoms with Crippen molar-refractivity contribution >= 4 is 0 Å². The van der Waals surface area contributed by atoms with Crippen molar-refractivity contribution in [1.29, 1.82) is 0 Å². The molecule has 4 nitrogen and oxygen atoms in total. The molecule has 2 heterocycles. The first-order valence-electron chi connectivity index (χ1n) is 4.88. The van der Waals surface area contributed by atoms with Crippen LogP contribution in [0.15, 0.2) is 0 Å². The van der Waals surface area contributed by atoms with Crippen molar-refractivity contribution in [2.24, 2.45) is 5.73 Å². The predicted octanol–water partition coefficient (Wildman–Crippen LogP) is 1.20. The second-order valence-electron chi connectivity index (χ2n) is 3.88. The Morgan fingerprint density at radius 2 is 2.38 bits per heavy atom. The molecule has 0 aliphatic carbocycles. The molecule has 1 aromatic heterocycles. The largest absolute Gasteiger partial charge is 0.321 e. The van der Waals surface area contributed by atoms with Crippen LogP contribution in [0.25, 0.3) is 0 Å². The Bertz CT molecular complexity index is 303. The molecule has 0 fully saturated rings. The van der Waals surface area contributed by atoms with Crippen LogP contribution in [-0.4, -0.2) is 14.8 Å². The Morgan fingerprint density at radius 1 is 1.62 bits per heavy atom. The second kappa shape index (κ2) is 3.10. The topological polar surface area (TPSA) is 56.7 Å². The van der Waals surface area contributed by atoms with Crippen LogP contribution in [-0.2, 0) is 6.54 Å². The first-order chi connectivity index (χ1) is 6.18. The van der Waals surface area contributed by atoms with E-state index >= 15 is 0 Å². The Morgan fingerprint density at radius 3 is 3.00 bits per heavy atom. The molecule has 0 saturated carbocycles. The molecule has 2 rings (SSSR count). The molecule has 0 saturated heterocycles. The summed E-state index contributed by atoms with van der Waals surface area (Å²) in [4.78, 5) is 4.46. The van der Waals surface area contributed by atoms with Gasteiger partial charge in [-0.15, -0.1) is 0 Å². The van der Waals surface area contributed by atoms with Crippen molar-refractivity contribution in [3.05, 3.63) is 11.6 Å². The summed E-state index contributed by atoms with van der Waals surface area (Å²) in [6.07, 6.45) is 2.42. The fourth-order valence-corrected chi connectivity index (χ4v) is 1.77. The molecule has 2 atom stereocenters. The summed E-state index contributed by atoms with van der Waals surface area (Å²) >= 11 is 0. The van der Waals surface area contributed by atoms with E-state index in [2.05, 4.69) is 17.0 Å². The molecule has 2 unspecified atom stereocenters. The minimum Gasteiger partial charge on any atom is -0.321 e. The maximum atomic E-state index is 5.73. The molecule has 0 amide bonds. The lowest BCUT2D eigenvalue weighted by molar-refractivity contribution is 0.431. The third-order valence-electron chi connectivity index (χ3n) is 2.57. The minimum atomic E-state index is -0.0506. The van der Waals surface area contributed by atoms with E-state index in [-0.39, 0.29) is 6.04 Å². The van der Waals surface area contributed by atoms with E-state index in [1.807, 2.05) is 11.6 Å². The zero-order valence-corrected chi connectivity index (χ0v) is 8.20. The van der Waals surface area contributed by atoms with E-state index in [9.17, 15) is 0 Å². The number of aryl methyl sites for hydroxylation is 1. The molecule has 0 radical (unpaired) electrons. The lowest BCUT2D eigenvalue weighted by atomic mass is 10.0. The smallest absolute Gasteiger partial charge is 0.167 e. The van der Waals surface area contributed by atoms with Crippen molar-refractivity contribution in [2.45, 2.75) is 45.2 Å². The summed E-state index contributed by atoms with van der Waals surface area (Å²) in [5.41, 5.74) is 5.73. The fraction of sp³-hybridized carbons (Fsp3) is 0.778. The quantitative estimate of drug-likeness (QED) is 0.706. The molecule has 1 aliphatic heterocycles. The zero-order chi connectivity index (χ0) is 9.42. The molecule has 0 bridgehead atoms. The summed E-state index contributed by atoms with van der Waals surface area (Å²) in [7, 11) is 0. The number of aromatic nitrogens is 3. The van der Waals surface area contributed by atoms with Gasteiger partial charge in [-0.2, -0.15) is 5.10 Å².